The summed E-state index contributed by atoms with van der Waals surface area (Å²) in [6.45, 7) is 0.244. The summed E-state index contributed by atoms with van der Waals surface area (Å²) in [4.78, 5) is 10.5. The van der Waals surface area contributed by atoms with E-state index in [1.807, 2.05) is 0 Å². The minimum absolute atomic E-state index is 0.0387. The molecule has 0 fully saturated rings. The quantitative estimate of drug-likeness (QED) is 0.621. The van der Waals surface area contributed by atoms with Gasteiger partial charge in [-0.15, -0.1) is 0 Å². The molecule has 4 nitrogen and oxygen atoms in total. The van der Waals surface area contributed by atoms with Crippen molar-refractivity contribution in [1.29, 1.82) is 0 Å². The van der Waals surface area contributed by atoms with Crippen LogP contribution in [0, 0.1) is 10.1 Å². The molecule has 7 heteroatoms. The van der Waals surface area contributed by atoms with Crippen molar-refractivity contribution in [2.24, 2.45) is 0 Å². The SMILES string of the molecule is O=[N+]([O-])c1cc(Cl)ccc1CNc1cc(Cl)ccc1Cl. The molecule has 0 aliphatic carbocycles. The van der Waals surface area contributed by atoms with E-state index in [1.165, 1.54) is 6.07 Å². The second-order valence-electron chi connectivity index (χ2n) is 4.01. The van der Waals surface area contributed by atoms with Crippen molar-refractivity contribution in [2.45, 2.75) is 6.54 Å². The van der Waals surface area contributed by atoms with Crippen molar-refractivity contribution >= 4 is 46.2 Å². The molecule has 0 aromatic heterocycles. The molecule has 0 saturated carbocycles. The van der Waals surface area contributed by atoms with Gasteiger partial charge in [0.25, 0.3) is 5.69 Å². The van der Waals surface area contributed by atoms with Crippen LogP contribution in [0.2, 0.25) is 15.1 Å². The maximum Gasteiger partial charge on any atom is 0.275 e. The van der Waals surface area contributed by atoms with Gasteiger partial charge in [-0.2, -0.15) is 0 Å². The molecule has 2 rings (SSSR count). The lowest BCUT2D eigenvalue weighted by Gasteiger charge is -2.09. The van der Waals surface area contributed by atoms with Gasteiger partial charge in [-0.1, -0.05) is 34.8 Å². The summed E-state index contributed by atoms with van der Waals surface area (Å²) in [6.07, 6.45) is 0. The molecular weight excluding hydrogens is 323 g/mol. The number of hydrogen-bond donors (Lipinski definition) is 1. The van der Waals surface area contributed by atoms with Crippen LogP contribution in [0.4, 0.5) is 11.4 Å². The largest absolute Gasteiger partial charge is 0.379 e. The van der Waals surface area contributed by atoms with Gasteiger partial charge >= 0.3 is 0 Å². The summed E-state index contributed by atoms with van der Waals surface area (Å²) >= 11 is 17.7. The number of nitrogens with zero attached hydrogens (tertiary/aromatic N) is 1. The number of rotatable bonds is 4. The maximum atomic E-state index is 11.0. The van der Waals surface area contributed by atoms with Crippen LogP contribution in [-0.4, -0.2) is 4.92 Å². The molecule has 0 radical (unpaired) electrons. The summed E-state index contributed by atoms with van der Waals surface area (Å²) in [5.41, 5.74) is 1.09. The smallest absolute Gasteiger partial charge is 0.275 e. The normalized spacial score (nSPS) is 10.3. The van der Waals surface area contributed by atoms with Crippen molar-refractivity contribution in [3.8, 4) is 0 Å². The van der Waals surface area contributed by atoms with Crippen molar-refractivity contribution in [3.63, 3.8) is 0 Å². The van der Waals surface area contributed by atoms with Crippen LogP contribution >= 0.6 is 34.8 Å². The minimum atomic E-state index is -0.470. The Balaban J connectivity index is 2.23. The maximum absolute atomic E-state index is 11.0. The van der Waals surface area contributed by atoms with Crippen molar-refractivity contribution in [3.05, 3.63) is 67.1 Å². The van der Waals surface area contributed by atoms with Crippen LogP contribution in [0.5, 0.6) is 0 Å². The molecule has 2 aromatic rings. The lowest BCUT2D eigenvalue weighted by Crippen LogP contribution is -2.03. The first-order valence-electron chi connectivity index (χ1n) is 5.59. The number of hydrogen-bond acceptors (Lipinski definition) is 3. The van der Waals surface area contributed by atoms with Crippen LogP contribution in [0.15, 0.2) is 36.4 Å². The molecule has 0 bridgehead atoms. The minimum Gasteiger partial charge on any atom is -0.379 e. The first-order chi connectivity index (χ1) is 9.47. The van der Waals surface area contributed by atoms with Crippen LogP contribution in [0.1, 0.15) is 5.56 Å². The number of nitrogens with one attached hydrogen (secondary N) is 1. The highest BCUT2D eigenvalue weighted by atomic mass is 35.5. The van der Waals surface area contributed by atoms with Gasteiger partial charge in [-0.3, -0.25) is 10.1 Å². The highest BCUT2D eigenvalue weighted by Gasteiger charge is 2.14. The fourth-order valence-electron chi connectivity index (χ4n) is 1.68. The number of halogens is 3. The van der Waals surface area contributed by atoms with E-state index >= 15 is 0 Å². The van der Waals surface area contributed by atoms with E-state index in [4.69, 9.17) is 34.8 Å². The molecule has 0 aliphatic rings. The van der Waals surface area contributed by atoms with Gasteiger partial charge in [0.2, 0.25) is 0 Å². The molecule has 0 aliphatic heterocycles. The van der Waals surface area contributed by atoms with Crippen molar-refractivity contribution in [1.82, 2.24) is 0 Å². The Kier molecular flexibility index (Phi) is 4.70. The van der Waals surface area contributed by atoms with Gasteiger partial charge in [0.15, 0.2) is 0 Å². The topological polar surface area (TPSA) is 55.2 Å². The Morgan fingerprint density at radius 3 is 2.40 bits per heavy atom. The predicted octanol–water partition coefficient (Wildman–Crippen LogP) is 5.17. The highest BCUT2D eigenvalue weighted by Crippen LogP contribution is 2.28. The van der Waals surface area contributed by atoms with Gasteiger partial charge < -0.3 is 5.32 Å². The molecule has 0 atom stereocenters. The molecule has 20 heavy (non-hydrogen) atoms. The van der Waals surface area contributed by atoms with Crippen LogP contribution in [0.25, 0.3) is 0 Å². The Morgan fingerprint density at radius 2 is 1.70 bits per heavy atom. The van der Waals surface area contributed by atoms with E-state index in [0.717, 1.165) is 0 Å². The number of anilines is 1. The second kappa shape index (κ2) is 6.31. The summed E-state index contributed by atoms with van der Waals surface area (Å²) in [7, 11) is 0. The molecule has 0 unspecified atom stereocenters. The molecule has 2 aromatic carbocycles. The van der Waals surface area contributed by atoms with Gasteiger partial charge in [0, 0.05) is 28.2 Å². The number of benzene rings is 2. The lowest BCUT2D eigenvalue weighted by atomic mass is 10.1. The first-order valence-corrected chi connectivity index (χ1v) is 6.72. The van der Waals surface area contributed by atoms with Gasteiger partial charge in [-0.25, -0.2) is 0 Å². The zero-order valence-corrected chi connectivity index (χ0v) is 12.3. The summed E-state index contributed by atoms with van der Waals surface area (Å²) in [5, 5.41) is 15.3. The fraction of sp³-hybridized carbons (Fsp3) is 0.0769. The average molecular weight is 332 g/mol. The lowest BCUT2D eigenvalue weighted by molar-refractivity contribution is -0.385. The van der Waals surface area contributed by atoms with Crippen molar-refractivity contribution in [2.75, 3.05) is 5.32 Å². The first kappa shape index (κ1) is 14.9. The van der Waals surface area contributed by atoms with E-state index in [-0.39, 0.29) is 12.2 Å². The Bertz CT molecular complexity index is 662. The van der Waals surface area contributed by atoms with E-state index in [9.17, 15) is 10.1 Å². The van der Waals surface area contributed by atoms with Gasteiger partial charge in [0.05, 0.1) is 15.6 Å². The highest BCUT2D eigenvalue weighted by molar-refractivity contribution is 6.35. The summed E-state index contributed by atoms with van der Waals surface area (Å²) < 4.78 is 0. The number of nitro benzene ring substituents is 1. The molecule has 0 amide bonds. The molecule has 0 spiro atoms. The fourth-order valence-corrected chi connectivity index (χ4v) is 2.20. The summed E-state index contributed by atoms with van der Waals surface area (Å²) in [5.74, 6) is 0. The number of nitro groups is 1. The third kappa shape index (κ3) is 3.54. The van der Waals surface area contributed by atoms with E-state index < -0.39 is 4.92 Å². The zero-order chi connectivity index (χ0) is 14.7. The Morgan fingerprint density at radius 1 is 1.05 bits per heavy atom. The van der Waals surface area contributed by atoms with Crippen molar-refractivity contribution < 1.29 is 4.92 Å². The Labute approximate surface area is 130 Å². The van der Waals surface area contributed by atoms with E-state index in [1.54, 1.807) is 30.3 Å². The molecular formula is C13H9Cl3N2O2. The van der Waals surface area contributed by atoms with Crippen LogP contribution in [0.3, 0.4) is 0 Å². The Hall–Kier alpha value is -1.49. The molecule has 104 valence electrons. The monoisotopic (exact) mass is 330 g/mol. The van der Waals surface area contributed by atoms with Crippen LogP contribution < -0.4 is 5.32 Å². The van der Waals surface area contributed by atoms with E-state index in [0.29, 0.717) is 26.3 Å². The predicted molar refractivity (Wildman–Crippen MR) is 81.9 cm³/mol. The van der Waals surface area contributed by atoms with Gasteiger partial charge in [-0.05, 0) is 30.3 Å². The molecule has 0 heterocycles. The molecule has 1 N–H and O–H groups in total. The summed E-state index contributed by atoms with van der Waals surface area (Å²) in [6, 6.07) is 9.50. The average Bonchev–Trinajstić information content (AvgIpc) is 2.40. The standard InChI is InChI=1S/C13H9Cl3N2O2/c14-9-3-4-11(16)12(5-9)17-7-8-1-2-10(15)6-13(8)18(19)20/h1-6,17H,7H2. The van der Waals surface area contributed by atoms with E-state index in [2.05, 4.69) is 5.32 Å². The third-order valence-electron chi connectivity index (χ3n) is 2.64. The molecule has 0 saturated heterocycles. The third-order valence-corrected chi connectivity index (χ3v) is 3.44. The zero-order valence-electron chi connectivity index (χ0n) is 10.1. The van der Waals surface area contributed by atoms with Gasteiger partial charge in [0.1, 0.15) is 0 Å². The second-order valence-corrected chi connectivity index (χ2v) is 5.29. The van der Waals surface area contributed by atoms with Crippen LogP contribution in [-0.2, 0) is 6.54 Å².